The normalized spacial score (nSPS) is 15.6. The van der Waals surface area contributed by atoms with Crippen molar-refractivity contribution in [3.8, 4) is 5.75 Å². The number of nitrogens with zero attached hydrogens (tertiary/aromatic N) is 2. The fourth-order valence-electron chi connectivity index (χ4n) is 2.95. The van der Waals surface area contributed by atoms with Crippen molar-refractivity contribution < 1.29 is 14.2 Å². The highest BCUT2D eigenvalue weighted by Gasteiger charge is 2.30. The van der Waals surface area contributed by atoms with E-state index < -0.39 is 11.9 Å². The summed E-state index contributed by atoms with van der Waals surface area (Å²) >= 11 is 0. The van der Waals surface area contributed by atoms with E-state index in [1.54, 1.807) is 18.2 Å². The molecule has 4 nitrogen and oxygen atoms in total. The van der Waals surface area contributed by atoms with Crippen LogP contribution in [-0.2, 0) is 6.54 Å². The number of imidazole rings is 1. The van der Waals surface area contributed by atoms with Crippen LogP contribution in [0.4, 0.5) is 4.39 Å². The van der Waals surface area contributed by atoms with Crippen LogP contribution in [0.1, 0.15) is 24.6 Å². The van der Waals surface area contributed by atoms with E-state index in [0.29, 0.717) is 12.5 Å². The lowest BCUT2D eigenvalue weighted by atomic mass is 10.3. The van der Waals surface area contributed by atoms with Gasteiger partial charge in [-0.1, -0.05) is 24.3 Å². The second-order valence-electron chi connectivity index (χ2n) is 6.24. The van der Waals surface area contributed by atoms with Crippen molar-refractivity contribution in [2.75, 3.05) is 6.61 Å². The number of benzene rings is 2. The zero-order valence-corrected chi connectivity index (χ0v) is 13.2. The Balaban J connectivity index is 1.51. The molecule has 0 aliphatic heterocycles. The summed E-state index contributed by atoms with van der Waals surface area (Å²) in [5.74, 6) is 1.25. The van der Waals surface area contributed by atoms with Gasteiger partial charge in [-0.25, -0.2) is 9.37 Å². The number of hydrogen-bond acceptors (Lipinski definition) is 3. The number of aromatic nitrogens is 2. The SMILES string of the molecule is OC(COc1ccccc1F)Cn1c(C2CC2)nc2ccccc21. The number of aliphatic hydroxyl groups excluding tert-OH is 1. The molecule has 3 aromatic rings. The molecule has 0 amide bonds. The highest BCUT2D eigenvalue weighted by Crippen LogP contribution is 2.40. The molecule has 24 heavy (non-hydrogen) atoms. The van der Waals surface area contributed by atoms with Crippen molar-refractivity contribution >= 4 is 11.0 Å². The largest absolute Gasteiger partial charge is 0.488 e. The molecule has 1 aliphatic rings. The second-order valence-corrected chi connectivity index (χ2v) is 6.24. The van der Waals surface area contributed by atoms with Crippen LogP contribution in [0.5, 0.6) is 5.75 Å². The molecule has 1 unspecified atom stereocenters. The van der Waals surface area contributed by atoms with Crippen molar-refractivity contribution in [2.24, 2.45) is 0 Å². The Bertz CT molecular complexity index is 857. The lowest BCUT2D eigenvalue weighted by molar-refractivity contribution is 0.0907. The molecular weight excluding hydrogens is 307 g/mol. The van der Waals surface area contributed by atoms with Crippen molar-refractivity contribution in [3.63, 3.8) is 0 Å². The third-order valence-corrected chi connectivity index (χ3v) is 4.29. The molecule has 1 aliphatic carbocycles. The predicted octanol–water partition coefficient (Wildman–Crippen LogP) is 3.49. The van der Waals surface area contributed by atoms with Gasteiger partial charge in [0.1, 0.15) is 18.5 Å². The van der Waals surface area contributed by atoms with E-state index in [2.05, 4.69) is 4.57 Å². The van der Waals surface area contributed by atoms with Crippen molar-refractivity contribution in [3.05, 3.63) is 60.2 Å². The molecule has 0 spiro atoms. The van der Waals surface area contributed by atoms with Crippen LogP contribution >= 0.6 is 0 Å². The Morgan fingerprint density at radius 3 is 2.71 bits per heavy atom. The number of aliphatic hydroxyl groups is 1. The minimum absolute atomic E-state index is 0.0392. The Labute approximate surface area is 139 Å². The first kappa shape index (κ1) is 15.1. The molecule has 1 N–H and O–H groups in total. The van der Waals surface area contributed by atoms with Gasteiger partial charge >= 0.3 is 0 Å². The molecule has 0 bridgehead atoms. The third-order valence-electron chi connectivity index (χ3n) is 4.29. The van der Waals surface area contributed by atoms with E-state index in [0.717, 1.165) is 29.7 Å². The first-order chi connectivity index (χ1) is 11.7. The Hall–Kier alpha value is -2.40. The lowest BCUT2D eigenvalue weighted by Crippen LogP contribution is -2.24. The van der Waals surface area contributed by atoms with Crippen molar-refractivity contribution in [1.29, 1.82) is 0 Å². The monoisotopic (exact) mass is 326 g/mol. The second kappa shape index (κ2) is 6.24. The average molecular weight is 326 g/mol. The maximum absolute atomic E-state index is 13.6. The first-order valence-electron chi connectivity index (χ1n) is 8.23. The standard InChI is InChI=1S/C19H19FN2O2/c20-15-5-1-4-8-18(15)24-12-14(23)11-22-17-7-3-2-6-16(17)21-19(22)13-9-10-13/h1-8,13-14,23H,9-12H2. The van der Waals surface area contributed by atoms with Gasteiger partial charge in [0.2, 0.25) is 0 Å². The number of para-hydroxylation sites is 3. The molecule has 1 saturated carbocycles. The average Bonchev–Trinajstić information content (AvgIpc) is 3.37. The summed E-state index contributed by atoms with van der Waals surface area (Å²) in [5.41, 5.74) is 1.96. The molecule has 1 heterocycles. The van der Waals surface area contributed by atoms with Gasteiger partial charge in [0, 0.05) is 5.92 Å². The maximum atomic E-state index is 13.6. The molecular formula is C19H19FN2O2. The van der Waals surface area contributed by atoms with Crippen LogP contribution < -0.4 is 4.74 Å². The Morgan fingerprint density at radius 1 is 1.17 bits per heavy atom. The number of hydrogen-bond donors (Lipinski definition) is 1. The van der Waals surface area contributed by atoms with E-state index in [4.69, 9.17) is 9.72 Å². The lowest BCUT2D eigenvalue weighted by Gasteiger charge is -2.16. The van der Waals surface area contributed by atoms with Crippen LogP contribution in [0.25, 0.3) is 11.0 Å². The summed E-state index contributed by atoms with van der Waals surface area (Å²) in [6, 6.07) is 14.2. The first-order valence-corrected chi connectivity index (χ1v) is 8.23. The van der Waals surface area contributed by atoms with Gasteiger partial charge in [0.15, 0.2) is 11.6 Å². The van der Waals surface area contributed by atoms with Gasteiger partial charge in [-0.3, -0.25) is 0 Å². The van der Waals surface area contributed by atoms with E-state index >= 15 is 0 Å². The van der Waals surface area contributed by atoms with Gasteiger partial charge in [0.25, 0.3) is 0 Å². The molecule has 0 radical (unpaired) electrons. The summed E-state index contributed by atoms with van der Waals surface area (Å²) in [6.45, 7) is 0.429. The van der Waals surface area contributed by atoms with Gasteiger partial charge in [0.05, 0.1) is 17.6 Å². The summed E-state index contributed by atoms with van der Waals surface area (Å²) in [6.07, 6.45) is 1.55. The highest BCUT2D eigenvalue weighted by molar-refractivity contribution is 5.76. The van der Waals surface area contributed by atoms with Crippen molar-refractivity contribution in [1.82, 2.24) is 9.55 Å². The molecule has 0 saturated heterocycles. The van der Waals surface area contributed by atoms with Gasteiger partial charge in [-0.2, -0.15) is 0 Å². The zero-order chi connectivity index (χ0) is 16.5. The maximum Gasteiger partial charge on any atom is 0.165 e. The van der Waals surface area contributed by atoms with Crippen LogP contribution in [0, 0.1) is 5.82 Å². The van der Waals surface area contributed by atoms with E-state index in [1.807, 2.05) is 24.3 Å². The third kappa shape index (κ3) is 2.99. The summed E-state index contributed by atoms with van der Waals surface area (Å²) in [5, 5.41) is 10.4. The van der Waals surface area contributed by atoms with Crippen LogP contribution in [-0.4, -0.2) is 27.4 Å². The molecule has 5 heteroatoms. The molecule has 1 fully saturated rings. The smallest absolute Gasteiger partial charge is 0.165 e. The predicted molar refractivity (Wildman–Crippen MR) is 89.6 cm³/mol. The van der Waals surface area contributed by atoms with Crippen LogP contribution in [0.3, 0.4) is 0 Å². The Morgan fingerprint density at radius 2 is 1.92 bits per heavy atom. The van der Waals surface area contributed by atoms with E-state index in [9.17, 15) is 9.50 Å². The van der Waals surface area contributed by atoms with Gasteiger partial charge < -0.3 is 14.4 Å². The van der Waals surface area contributed by atoms with E-state index in [1.165, 1.54) is 6.07 Å². The molecule has 1 aromatic heterocycles. The fourth-order valence-corrected chi connectivity index (χ4v) is 2.95. The summed E-state index contributed by atoms with van der Waals surface area (Å²) in [7, 11) is 0. The molecule has 4 rings (SSSR count). The fraction of sp³-hybridized carbons (Fsp3) is 0.316. The molecule has 124 valence electrons. The summed E-state index contributed by atoms with van der Waals surface area (Å²) in [4.78, 5) is 4.71. The molecule has 2 aromatic carbocycles. The highest BCUT2D eigenvalue weighted by atomic mass is 19.1. The van der Waals surface area contributed by atoms with Gasteiger partial charge in [-0.05, 0) is 37.1 Å². The topological polar surface area (TPSA) is 47.3 Å². The van der Waals surface area contributed by atoms with Crippen LogP contribution in [0.15, 0.2) is 48.5 Å². The zero-order valence-electron chi connectivity index (χ0n) is 13.2. The molecule has 1 atom stereocenters. The minimum Gasteiger partial charge on any atom is -0.488 e. The quantitative estimate of drug-likeness (QED) is 0.754. The number of halogens is 1. The van der Waals surface area contributed by atoms with Gasteiger partial charge in [-0.15, -0.1) is 0 Å². The number of ether oxygens (including phenoxy) is 1. The van der Waals surface area contributed by atoms with E-state index in [-0.39, 0.29) is 12.4 Å². The van der Waals surface area contributed by atoms with Crippen molar-refractivity contribution in [2.45, 2.75) is 31.4 Å². The summed E-state index contributed by atoms with van der Waals surface area (Å²) < 4.78 is 21.1. The minimum atomic E-state index is -0.736. The van der Waals surface area contributed by atoms with Crippen LogP contribution in [0.2, 0.25) is 0 Å². The number of rotatable bonds is 6. The Kier molecular flexibility index (Phi) is 3.94. The number of fused-ring (bicyclic) bond motifs is 1.